The number of rotatable bonds is 4. The zero-order valence-electron chi connectivity index (χ0n) is 16.1. The maximum Gasteiger partial charge on any atom is 0.194 e. The Balaban J connectivity index is 0.00000364. The Hall–Kier alpha value is -0.970. The Morgan fingerprint density at radius 1 is 1.33 bits per heavy atom. The molecule has 0 amide bonds. The van der Waals surface area contributed by atoms with Crippen LogP contribution < -0.4 is 5.32 Å². The summed E-state index contributed by atoms with van der Waals surface area (Å²) in [6, 6.07) is 3.87. The van der Waals surface area contributed by atoms with Crippen LogP contribution in [0.4, 0.5) is 8.78 Å². The summed E-state index contributed by atoms with van der Waals surface area (Å²) in [6.45, 7) is 9.07. The van der Waals surface area contributed by atoms with Crippen molar-refractivity contribution in [2.45, 2.75) is 38.4 Å². The molecule has 2 rings (SSSR count). The van der Waals surface area contributed by atoms with Crippen molar-refractivity contribution in [3.05, 3.63) is 35.4 Å². The van der Waals surface area contributed by atoms with Crippen molar-refractivity contribution in [3.8, 4) is 0 Å². The van der Waals surface area contributed by atoms with Gasteiger partial charge < -0.3 is 10.2 Å². The van der Waals surface area contributed by atoms with Crippen molar-refractivity contribution in [1.29, 1.82) is 0 Å². The van der Waals surface area contributed by atoms with E-state index >= 15 is 0 Å². The normalized spacial score (nSPS) is 19.9. The summed E-state index contributed by atoms with van der Waals surface area (Å²) in [6.07, 6.45) is 0. The molecule has 1 unspecified atom stereocenters. The number of nitrogens with one attached hydrogen (secondary N) is 1. The van der Waals surface area contributed by atoms with Crippen molar-refractivity contribution in [2.75, 3.05) is 31.9 Å². The number of benzene rings is 1. The summed E-state index contributed by atoms with van der Waals surface area (Å²) >= 11 is 0. The Morgan fingerprint density at radius 2 is 2.00 bits per heavy atom. The molecule has 0 saturated carbocycles. The predicted molar refractivity (Wildman–Crippen MR) is 116 cm³/mol. The number of hydrogen-bond acceptors (Lipinski definition) is 3. The first kappa shape index (κ1) is 24.1. The van der Waals surface area contributed by atoms with Gasteiger partial charge >= 0.3 is 0 Å². The van der Waals surface area contributed by atoms with Crippen LogP contribution >= 0.6 is 24.0 Å². The summed E-state index contributed by atoms with van der Waals surface area (Å²) in [5.74, 6) is -1.10. The summed E-state index contributed by atoms with van der Waals surface area (Å²) in [5.41, 5.74) is 0.671. The summed E-state index contributed by atoms with van der Waals surface area (Å²) < 4.78 is 50.0. The lowest BCUT2D eigenvalue weighted by molar-refractivity contribution is 0.353. The number of hydrogen-bond donors (Lipinski definition) is 1. The predicted octanol–water partition coefficient (Wildman–Crippen LogP) is 3.16. The first-order chi connectivity index (χ1) is 12.1. The van der Waals surface area contributed by atoms with Crippen molar-refractivity contribution >= 4 is 39.8 Å². The van der Waals surface area contributed by atoms with Gasteiger partial charge in [0, 0.05) is 32.1 Å². The van der Waals surface area contributed by atoms with E-state index in [-0.39, 0.29) is 35.6 Å². The van der Waals surface area contributed by atoms with Crippen LogP contribution in [0.1, 0.15) is 39.2 Å². The van der Waals surface area contributed by atoms with E-state index in [4.69, 9.17) is 0 Å². The Morgan fingerprint density at radius 3 is 2.56 bits per heavy atom. The Kier molecular flexibility index (Phi) is 8.46. The topological polar surface area (TPSA) is 61.8 Å². The second kappa shape index (κ2) is 9.49. The van der Waals surface area contributed by atoms with Crippen LogP contribution in [-0.2, 0) is 9.84 Å². The quantitative estimate of drug-likeness (QED) is 0.381. The SMILES string of the molecule is CCNC(=NCC(C)c1ccc(F)c(F)c1)N1CCS(=O)(=O)C(C)(C)C1.I. The molecule has 0 aliphatic carbocycles. The third-order valence-corrected chi connectivity index (χ3v) is 7.24. The van der Waals surface area contributed by atoms with Crippen LogP contribution in [0.15, 0.2) is 23.2 Å². The first-order valence-electron chi connectivity index (χ1n) is 8.78. The Labute approximate surface area is 177 Å². The fourth-order valence-corrected chi connectivity index (χ4v) is 4.26. The van der Waals surface area contributed by atoms with Crippen molar-refractivity contribution in [2.24, 2.45) is 4.99 Å². The lowest BCUT2D eigenvalue weighted by Gasteiger charge is -2.39. The van der Waals surface area contributed by atoms with Crippen LogP contribution in [0.25, 0.3) is 0 Å². The zero-order chi connectivity index (χ0) is 19.5. The molecule has 0 spiro atoms. The van der Waals surface area contributed by atoms with Gasteiger partial charge in [0.25, 0.3) is 0 Å². The highest BCUT2D eigenvalue weighted by Crippen LogP contribution is 2.24. The minimum atomic E-state index is -3.13. The van der Waals surface area contributed by atoms with Gasteiger partial charge in [-0.25, -0.2) is 17.2 Å². The molecule has 1 aromatic rings. The van der Waals surface area contributed by atoms with Gasteiger partial charge in [0.15, 0.2) is 27.4 Å². The molecule has 1 heterocycles. The van der Waals surface area contributed by atoms with Gasteiger partial charge in [-0.15, -0.1) is 24.0 Å². The van der Waals surface area contributed by atoms with E-state index in [9.17, 15) is 17.2 Å². The number of sulfone groups is 1. The maximum atomic E-state index is 13.4. The molecule has 1 aliphatic heterocycles. The Bertz CT molecular complexity index is 785. The van der Waals surface area contributed by atoms with Crippen LogP contribution in [0, 0.1) is 11.6 Å². The van der Waals surface area contributed by atoms with E-state index in [0.29, 0.717) is 37.7 Å². The molecule has 27 heavy (non-hydrogen) atoms. The molecule has 5 nitrogen and oxygen atoms in total. The van der Waals surface area contributed by atoms with E-state index in [1.807, 2.05) is 18.7 Å². The van der Waals surface area contributed by atoms with E-state index in [1.54, 1.807) is 19.9 Å². The van der Waals surface area contributed by atoms with Gasteiger partial charge in [-0.1, -0.05) is 13.0 Å². The zero-order valence-corrected chi connectivity index (χ0v) is 19.3. The first-order valence-corrected chi connectivity index (χ1v) is 10.4. The number of guanidine groups is 1. The van der Waals surface area contributed by atoms with Crippen LogP contribution in [0.3, 0.4) is 0 Å². The monoisotopic (exact) mass is 515 g/mol. The molecule has 1 aromatic carbocycles. The molecule has 1 atom stereocenters. The third-order valence-electron chi connectivity index (χ3n) is 4.71. The highest BCUT2D eigenvalue weighted by atomic mass is 127. The molecular formula is C18H28F2IN3O2S. The molecule has 1 aliphatic rings. The summed E-state index contributed by atoms with van der Waals surface area (Å²) in [7, 11) is -3.13. The number of halogens is 3. The minimum Gasteiger partial charge on any atom is -0.357 e. The van der Waals surface area contributed by atoms with E-state index < -0.39 is 26.2 Å². The number of nitrogens with zero attached hydrogens (tertiary/aromatic N) is 2. The van der Waals surface area contributed by atoms with Gasteiger partial charge in [-0.2, -0.15) is 0 Å². The van der Waals surface area contributed by atoms with Gasteiger partial charge in [0.05, 0.1) is 10.5 Å². The van der Waals surface area contributed by atoms with Crippen molar-refractivity contribution < 1.29 is 17.2 Å². The second-order valence-corrected chi connectivity index (χ2v) is 10.0. The molecule has 0 radical (unpaired) electrons. The average molecular weight is 515 g/mol. The molecule has 0 bridgehead atoms. The molecule has 0 aromatic heterocycles. The fourth-order valence-electron chi connectivity index (χ4n) is 2.90. The van der Waals surface area contributed by atoms with Crippen molar-refractivity contribution in [1.82, 2.24) is 10.2 Å². The third kappa shape index (κ3) is 5.75. The smallest absolute Gasteiger partial charge is 0.194 e. The van der Waals surface area contributed by atoms with Gasteiger partial charge in [0.2, 0.25) is 0 Å². The standard InChI is InChI=1S/C18H27F2N3O2S.HI/c1-5-21-17(23-8-9-26(24,25)18(3,4)12-23)22-11-13(2)14-6-7-15(19)16(20)10-14;/h6-7,10,13H,5,8-9,11-12H2,1-4H3,(H,21,22);1H. The number of aliphatic imine (C=N–C) groups is 1. The lowest BCUT2D eigenvalue weighted by Crippen LogP contribution is -2.57. The molecule has 1 saturated heterocycles. The van der Waals surface area contributed by atoms with Gasteiger partial charge in [0.1, 0.15) is 0 Å². The molecule has 1 fully saturated rings. The largest absolute Gasteiger partial charge is 0.357 e. The highest BCUT2D eigenvalue weighted by molar-refractivity contribution is 14.0. The summed E-state index contributed by atoms with van der Waals surface area (Å²) in [5, 5.41) is 3.19. The highest BCUT2D eigenvalue weighted by Gasteiger charge is 2.40. The molecule has 1 N–H and O–H groups in total. The van der Waals surface area contributed by atoms with Gasteiger partial charge in [-0.3, -0.25) is 4.99 Å². The lowest BCUT2D eigenvalue weighted by atomic mass is 10.0. The maximum absolute atomic E-state index is 13.4. The fraction of sp³-hybridized carbons (Fsp3) is 0.611. The van der Waals surface area contributed by atoms with E-state index in [1.165, 1.54) is 6.07 Å². The van der Waals surface area contributed by atoms with Crippen LogP contribution in [-0.4, -0.2) is 56.0 Å². The average Bonchev–Trinajstić information content (AvgIpc) is 2.56. The van der Waals surface area contributed by atoms with E-state index in [0.717, 1.165) is 6.07 Å². The van der Waals surface area contributed by atoms with Gasteiger partial charge in [-0.05, 0) is 38.5 Å². The minimum absolute atomic E-state index is 0. The molecule has 9 heteroatoms. The van der Waals surface area contributed by atoms with Crippen LogP contribution in [0.2, 0.25) is 0 Å². The summed E-state index contributed by atoms with van der Waals surface area (Å²) in [4.78, 5) is 6.55. The van der Waals surface area contributed by atoms with Crippen LogP contribution in [0.5, 0.6) is 0 Å². The van der Waals surface area contributed by atoms with Crippen molar-refractivity contribution in [3.63, 3.8) is 0 Å². The molecular weight excluding hydrogens is 487 g/mol. The molecule has 154 valence electrons. The second-order valence-electron chi connectivity index (χ2n) is 7.27. The van der Waals surface area contributed by atoms with E-state index in [2.05, 4.69) is 10.3 Å².